The molecule has 0 fully saturated rings. The number of hydrogen-bond donors (Lipinski definition) is 1. The molecular weight excluding hydrogens is 216 g/mol. The lowest BCUT2D eigenvalue weighted by molar-refractivity contribution is 1.25. The molecule has 3 heteroatoms. The maximum absolute atomic E-state index is 5.16. The van der Waals surface area contributed by atoms with Crippen LogP contribution in [0.4, 0.5) is 0 Å². The Morgan fingerprint density at radius 1 is 1.33 bits per heavy atom. The van der Waals surface area contributed by atoms with E-state index in [4.69, 9.17) is 5.73 Å². The van der Waals surface area contributed by atoms with Crippen molar-refractivity contribution in [2.24, 2.45) is 5.73 Å². The van der Waals surface area contributed by atoms with Crippen molar-refractivity contribution in [1.82, 2.24) is 4.98 Å². The van der Waals surface area contributed by atoms with E-state index in [0.717, 1.165) is 10.3 Å². The summed E-state index contributed by atoms with van der Waals surface area (Å²) in [5, 5.41) is 0. The van der Waals surface area contributed by atoms with Crippen LogP contribution in [0.2, 0.25) is 0 Å². The Hall–Kier alpha value is -1.09. The van der Waals surface area contributed by atoms with Crippen LogP contribution in [0, 0.1) is 0 Å². The number of pyridine rings is 1. The Morgan fingerprint density at radius 2 is 2.17 bits per heavy atom. The molecule has 0 unspecified atom stereocenters. The van der Waals surface area contributed by atoms with Gasteiger partial charge in [-0.3, -0.25) is 0 Å². The molecule has 1 aromatic rings. The molecule has 0 bridgehead atoms. The summed E-state index contributed by atoms with van der Waals surface area (Å²) in [5.41, 5.74) is 6.07. The van der Waals surface area contributed by atoms with Crippen molar-refractivity contribution in [3.05, 3.63) is 46.8 Å². The Bertz CT molecular complexity index is 305. The molecule has 1 aromatic heterocycles. The van der Waals surface area contributed by atoms with E-state index in [-0.39, 0.29) is 0 Å². The second-order valence-corrected chi connectivity index (χ2v) is 2.94. The SMILES string of the molecule is N/C=C/C=C/c1cccc(Br)n1. The molecule has 0 amide bonds. The molecule has 0 aliphatic carbocycles. The fraction of sp³-hybridized carbons (Fsp3) is 0. The van der Waals surface area contributed by atoms with Crippen molar-refractivity contribution >= 4 is 22.0 Å². The molecule has 0 aliphatic heterocycles. The Kier molecular flexibility index (Phi) is 3.54. The van der Waals surface area contributed by atoms with E-state index >= 15 is 0 Å². The van der Waals surface area contributed by atoms with Gasteiger partial charge in [-0.1, -0.05) is 12.1 Å². The Balaban J connectivity index is 2.76. The minimum Gasteiger partial charge on any atom is -0.405 e. The van der Waals surface area contributed by atoms with E-state index in [1.807, 2.05) is 30.4 Å². The third-order valence-corrected chi connectivity index (χ3v) is 1.67. The smallest absolute Gasteiger partial charge is 0.106 e. The van der Waals surface area contributed by atoms with E-state index in [0.29, 0.717) is 0 Å². The zero-order valence-electron chi connectivity index (χ0n) is 6.44. The fourth-order valence-corrected chi connectivity index (χ4v) is 1.09. The van der Waals surface area contributed by atoms with Gasteiger partial charge in [-0.25, -0.2) is 4.98 Å². The standard InChI is InChI=1S/C9H9BrN2/c10-9-6-3-5-8(12-9)4-1-2-7-11/h1-7H,11H2/b4-1+,7-2+. The third-order valence-electron chi connectivity index (χ3n) is 1.23. The zero-order valence-corrected chi connectivity index (χ0v) is 8.03. The number of nitrogens with two attached hydrogens (primary N) is 1. The Morgan fingerprint density at radius 3 is 2.83 bits per heavy atom. The summed E-state index contributed by atoms with van der Waals surface area (Å²) >= 11 is 3.28. The molecule has 0 radical (unpaired) electrons. The average molecular weight is 225 g/mol. The number of nitrogens with zero attached hydrogens (tertiary/aromatic N) is 1. The summed E-state index contributed by atoms with van der Waals surface area (Å²) in [5.74, 6) is 0. The molecule has 0 aromatic carbocycles. The highest BCUT2D eigenvalue weighted by atomic mass is 79.9. The number of aromatic nitrogens is 1. The Labute approximate surface area is 79.9 Å². The minimum atomic E-state index is 0.835. The zero-order chi connectivity index (χ0) is 8.81. The monoisotopic (exact) mass is 224 g/mol. The predicted molar refractivity (Wildman–Crippen MR) is 54.3 cm³/mol. The second-order valence-electron chi connectivity index (χ2n) is 2.13. The van der Waals surface area contributed by atoms with Gasteiger partial charge >= 0.3 is 0 Å². The molecule has 1 rings (SSSR count). The quantitative estimate of drug-likeness (QED) is 0.619. The van der Waals surface area contributed by atoms with Crippen LogP contribution < -0.4 is 5.73 Å². The van der Waals surface area contributed by atoms with Gasteiger partial charge in [-0.2, -0.15) is 0 Å². The maximum atomic E-state index is 5.16. The van der Waals surface area contributed by atoms with Gasteiger partial charge in [0.15, 0.2) is 0 Å². The van der Waals surface area contributed by atoms with E-state index in [9.17, 15) is 0 Å². The molecule has 0 spiro atoms. The van der Waals surface area contributed by atoms with E-state index in [1.165, 1.54) is 6.20 Å². The summed E-state index contributed by atoms with van der Waals surface area (Å²) in [6.07, 6.45) is 6.96. The van der Waals surface area contributed by atoms with Crippen molar-refractivity contribution < 1.29 is 0 Å². The van der Waals surface area contributed by atoms with Crippen LogP contribution in [0.1, 0.15) is 5.69 Å². The van der Waals surface area contributed by atoms with Crippen molar-refractivity contribution in [2.45, 2.75) is 0 Å². The van der Waals surface area contributed by atoms with Gasteiger partial charge in [0.25, 0.3) is 0 Å². The topological polar surface area (TPSA) is 38.9 Å². The summed E-state index contributed by atoms with van der Waals surface area (Å²) in [7, 11) is 0. The second kappa shape index (κ2) is 4.72. The van der Waals surface area contributed by atoms with Crippen molar-refractivity contribution in [2.75, 3.05) is 0 Å². The van der Waals surface area contributed by atoms with Gasteiger partial charge in [0, 0.05) is 0 Å². The highest BCUT2D eigenvalue weighted by Gasteiger charge is 1.87. The summed E-state index contributed by atoms with van der Waals surface area (Å²) in [4.78, 5) is 4.20. The number of hydrogen-bond acceptors (Lipinski definition) is 2. The van der Waals surface area contributed by atoms with Gasteiger partial charge in [-0.15, -0.1) is 0 Å². The van der Waals surface area contributed by atoms with Gasteiger partial charge in [0.1, 0.15) is 4.60 Å². The first-order valence-corrected chi connectivity index (χ1v) is 4.30. The highest BCUT2D eigenvalue weighted by Crippen LogP contribution is 2.07. The van der Waals surface area contributed by atoms with Gasteiger partial charge in [0.2, 0.25) is 0 Å². The molecular formula is C9H9BrN2. The van der Waals surface area contributed by atoms with E-state index < -0.39 is 0 Å². The predicted octanol–water partition coefficient (Wildman–Crippen LogP) is 2.33. The van der Waals surface area contributed by atoms with Crippen LogP contribution in [0.3, 0.4) is 0 Å². The largest absolute Gasteiger partial charge is 0.405 e. The van der Waals surface area contributed by atoms with Crippen LogP contribution in [0.15, 0.2) is 41.2 Å². The van der Waals surface area contributed by atoms with E-state index in [2.05, 4.69) is 20.9 Å². The minimum absolute atomic E-state index is 0.835. The van der Waals surface area contributed by atoms with Crippen LogP contribution in [0.25, 0.3) is 6.08 Å². The van der Waals surface area contributed by atoms with Crippen molar-refractivity contribution in [3.8, 4) is 0 Å². The molecule has 2 N–H and O–H groups in total. The number of rotatable bonds is 2. The molecule has 12 heavy (non-hydrogen) atoms. The molecule has 2 nitrogen and oxygen atoms in total. The lowest BCUT2D eigenvalue weighted by atomic mass is 10.3. The molecule has 1 heterocycles. The first-order valence-electron chi connectivity index (χ1n) is 3.50. The van der Waals surface area contributed by atoms with Crippen LogP contribution in [-0.4, -0.2) is 4.98 Å². The molecule has 0 aliphatic rings. The van der Waals surface area contributed by atoms with Crippen molar-refractivity contribution in [1.29, 1.82) is 0 Å². The van der Waals surface area contributed by atoms with Gasteiger partial charge in [-0.05, 0) is 46.4 Å². The van der Waals surface area contributed by atoms with Gasteiger partial charge < -0.3 is 5.73 Å². The van der Waals surface area contributed by atoms with Crippen LogP contribution in [-0.2, 0) is 0 Å². The van der Waals surface area contributed by atoms with E-state index in [1.54, 1.807) is 6.08 Å². The summed E-state index contributed by atoms with van der Waals surface area (Å²) < 4.78 is 0.835. The lowest BCUT2D eigenvalue weighted by Crippen LogP contribution is -1.79. The normalized spacial score (nSPS) is 11.4. The van der Waals surface area contributed by atoms with Crippen molar-refractivity contribution in [3.63, 3.8) is 0 Å². The first kappa shape index (κ1) is 9.00. The first-order chi connectivity index (χ1) is 5.83. The average Bonchev–Trinajstić information content (AvgIpc) is 2.05. The number of allylic oxidation sites excluding steroid dienone is 2. The number of halogens is 1. The summed E-state index contributed by atoms with van der Waals surface area (Å²) in [6, 6.07) is 5.74. The molecule has 0 saturated carbocycles. The van der Waals surface area contributed by atoms with Gasteiger partial charge in [0.05, 0.1) is 5.69 Å². The lowest BCUT2D eigenvalue weighted by Gasteiger charge is -1.91. The van der Waals surface area contributed by atoms with Crippen LogP contribution in [0.5, 0.6) is 0 Å². The maximum Gasteiger partial charge on any atom is 0.106 e. The highest BCUT2D eigenvalue weighted by molar-refractivity contribution is 9.10. The molecule has 62 valence electrons. The molecule has 0 atom stereocenters. The fourth-order valence-electron chi connectivity index (χ4n) is 0.735. The molecule has 0 saturated heterocycles. The summed E-state index contributed by atoms with van der Waals surface area (Å²) in [6.45, 7) is 0. The third kappa shape index (κ3) is 2.88. The van der Waals surface area contributed by atoms with Crippen LogP contribution >= 0.6 is 15.9 Å².